The van der Waals surface area contributed by atoms with E-state index in [-0.39, 0.29) is 5.91 Å². The lowest BCUT2D eigenvalue weighted by molar-refractivity contribution is 0.102. The van der Waals surface area contributed by atoms with E-state index in [0.717, 1.165) is 33.4 Å². The van der Waals surface area contributed by atoms with Gasteiger partial charge in [0.05, 0.1) is 16.8 Å². The van der Waals surface area contributed by atoms with E-state index in [9.17, 15) is 4.79 Å². The van der Waals surface area contributed by atoms with Crippen LogP contribution in [-0.4, -0.2) is 10.9 Å². The Hall–Kier alpha value is -2.98. The SMILES string of the molecule is Cc1ccc(NC(=O)c2cc(-c3ccsc3)nc3ccccc23)cc1. The first-order valence-corrected chi connectivity index (χ1v) is 8.95. The van der Waals surface area contributed by atoms with Crippen LogP contribution in [0.1, 0.15) is 15.9 Å². The van der Waals surface area contributed by atoms with Crippen LogP contribution in [0.2, 0.25) is 0 Å². The normalized spacial score (nSPS) is 10.8. The highest BCUT2D eigenvalue weighted by Crippen LogP contribution is 2.27. The number of carbonyl (C=O) groups excluding carboxylic acids is 1. The van der Waals surface area contributed by atoms with Gasteiger partial charge in [0, 0.05) is 22.0 Å². The number of pyridine rings is 1. The van der Waals surface area contributed by atoms with Crippen molar-refractivity contribution < 1.29 is 4.79 Å². The van der Waals surface area contributed by atoms with Gasteiger partial charge in [0.25, 0.3) is 5.91 Å². The second kappa shape index (κ2) is 6.49. The molecular weight excluding hydrogens is 328 g/mol. The molecule has 1 amide bonds. The molecule has 0 radical (unpaired) electrons. The predicted molar refractivity (Wildman–Crippen MR) is 104 cm³/mol. The fourth-order valence-corrected chi connectivity index (χ4v) is 3.41. The summed E-state index contributed by atoms with van der Waals surface area (Å²) < 4.78 is 0. The minimum absolute atomic E-state index is 0.126. The zero-order chi connectivity index (χ0) is 17.2. The van der Waals surface area contributed by atoms with Crippen LogP contribution in [0.5, 0.6) is 0 Å². The molecule has 2 aromatic heterocycles. The van der Waals surface area contributed by atoms with Crippen molar-refractivity contribution in [2.45, 2.75) is 6.92 Å². The van der Waals surface area contributed by atoms with Gasteiger partial charge in [-0.15, -0.1) is 0 Å². The summed E-state index contributed by atoms with van der Waals surface area (Å²) in [4.78, 5) is 17.6. The largest absolute Gasteiger partial charge is 0.322 e. The molecule has 0 fully saturated rings. The predicted octanol–water partition coefficient (Wildman–Crippen LogP) is 5.52. The minimum atomic E-state index is -0.126. The maximum atomic E-state index is 12.9. The maximum absolute atomic E-state index is 12.9. The van der Waals surface area contributed by atoms with Crippen molar-refractivity contribution in [1.29, 1.82) is 0 Å². The van der Waals surface area contributed by atoms with E-state index < -0.39 is 0 Å². The quantitative estimate of drug-likeness (QED) is 0.531. The number of aryl methyl sites for hydroxylation is 1. The maximum Gasteiger partial charge on any atom is 0.256 e. The number of anilines is 1. The average molecular weight is 344 g/mol. The lowest BCUT2D eigenvalue weighted by Crippen LogP contribution is -2.13. The highest BCUT2D eigenvalue weighted by molar-refractivity contribution is 7.08. The van der Waals surface area contributed by atoms with Crippen LogP contribution in [0.4, 0.5) is 5.69 Å². The number of benzene rings is 2. The molecule has 0 bridgehead atoms. The second-order valence-electron chi connectivity index (χ2n) is 5.90. The molecule has 4 rings (SSSR count). The van der Waals surface area contributed by atoms with Crippen LogP contribution in [-0.2, 0) is 0 Å². The van der Waals surface area contributed by atoms with E-state index in [1.807, 2.05) is 78.3 Å². The topological polar surface area (TPSA) is 42.0 Å². The number of thiophene rings is 1. The molecule has 0 saturated carbocycles. The summed E-state index contributed by atoms with van der Waals surface area (Å²) in [5, 5.41) is 7.89. The van der Waals surface area contributed by atoms with Gasteiger partial charge in [0.15, 0.2) is 0 Å². The summed E-state index contributed by atoms with van der Waals surface area (Å²) in [5.74, 6) is -0.126. The molecule has 0 spiro atoms. The van der Waals surface area contributed by atoms with E-state index in [2.05, 4.69) is 5.32 Å². The lowest BCUT2D eigenvalue weighted by Gasteiger charge is -2.10. The summed E-state index contributed by atoms with van der Waals surface area (Å²) in [6.45, 7) is 2.02. The summed E-state index contributed by atoms with van der Waals surface area (Å²) in [5.41, 5.74) is 5.24. The highest BCUT2D eigenvalue weighted by atomic mass is 32.1. The van der Waals surface area contributed by atoms with E-state index in [4.69, 9.17) is 4.98 Å². The third-order valence-corrected chi connectivity index (χ3v) is 4.77. The summed E-state index contributed by atoms with van der Waals surface area (Å²) >= 11 is 1.62. The third kappa shape index (κ3) is 3.16. The number of hydrogen-bond acceptors (Lipinski definition) is 3. The first-order chi connectivity index (χ1) is 12.2. The molecule has 0 saturated heterocycles. The number of fused-ring (bicyclic) bond motifs is 1. The number of aromatic nitrogens is 1. The van der Waals surface area contributed by atoms with Crippen molar-refractivity contribution in [3.63, 3.8) is 0 Å². The molecule has 0 atom stereocenters. The number of para-hydroxylation sites is 1. The van der Waals surface area contributed by atoms with Crippen LogP contribution < -0.4 is 5.32 Å². The first kappa shape index (κ1) is 15.5. The Morgan fingerprint density at radius 1 is 1.04 bits per heavy atom. The summed E-state index contributed by atoms with van der Waals surface area (Å²) in [6, 6.07) is 19.4. The molecular formula is C21H16N2OS. The lowest BCUT2D eigenvalue weighted by atomic mass is 10.0. The monoisotopic (exact) mass is 344 g/mol. The van der Waals surface area contributed by atoms with Gasteiger partial charge in [0.1, 0.15) is 0 Å². The molecule has 1 N–H and O–H groups in total. The van der Waals surface area contributed by atoms with Crippen molar-refractivity contribution >= 4 is 33.8 Å². The van der Waals surface area contributed by atoms with Crippen LogP contribution in [0.25, 0.3) is 22.2 Å². The van der Waals surface area contributed by atoms with Crippen LogP contribution >= 0.6 is 11.3 Å². The Morgan fingerprint density at radius 2 is 1.84 bits per heavy atom. The molecule has 2 heterocycles. The third-order valence-electron chi connectivity index (χ3n) is 4.09. The van der Waals surface area contributed by atoms with Gasteiger partial charge in [-0.2, -0.15) is 11.3 Å². The highest BCUT2D eigenvalue weighted by Gasteiger charge is 2.14. The van der Waals surface area contributed by atoms with Gasteiger partial charge < -0.3 is 5.32 Å². The molecule has 0 aliphatic heterocycles. The van der Waals surface area contributed by atoms with Gasteiger partial charge in [-0.25, -0.2) is 4.98 Å². The van der Waals surface area contributed by atoms with Gasteiger partial charge in [-0.1, -0.05) is 35.9 Å². The van der Waals surface area contributed by atoms with Crippen LogP contribution in [0.15, 0.2) is 71.4 Å². The van der Waals surface area contributed by atoms with E-state index in [1.165, 1.54) is 0 Å². The van der Waals surface area contributed by atoms with E-state index in [1.54, 1.807) is 11.3 Å². The molecule has 122 valence electrons. The number of hydrogen-bond donors (Lipinski definition) is 1. The summed E-state index contributed by atoms with van der Waals surface area (Å²) in [7, 11) is 0. The van der Waals surface area contributed by atoms with Crippen LogP contribution in [0.3, 0.4) is 0 Å². The van der Waals surface area contributed by atoms with Gasteiger partial charge in [0.2, 0.25) is 0 Å². The minimum Gasteiger partial charge on any atom is -0.322 e. The smallest absolute Gasteiger partial charge is 0.256 e. The molecule has 2 aromatic carbocycles. The molecule has 0 unspecified atom stereocenters. The van der Waals surface area contributed by atoms with Gasteiger partial charge in [-0.05, 0) is 42.6 Å². The Bertz CT molecular complexity index is 1040. The Morgan fingerprint density at radius 3 is 2.60 bits per heavy atom. The van der Waals surface area contributed by atoms with Gasteiger partial charge in [-0.3, -0.25) is 4.79 Å². The second-order valence-corrected chi connectivity index (χ2v) is 6.68. The molecule has 0 aliphatic rings. The van der Waals surface area contributed by atoms with Crippen molar-refractivity contribution in [3.05, 3.63) is 82.6 Å². The van der Waals surface area contributed by atoms with Crippen molar-refractivity contribution in [3.8, 4) is 11.3 Å². The van der Waals surface area contributed by atoms with E-state index in [0.29, 0.717) is 5.56 Å². The molecule has 25 heavy (non-hydrogen) atoms. The Balaban J connectivity index is 1.79. The molecule has 4 heteroatoms. The zero-order valence-electron chi connectivity index (χ0n) is 13.7. The number of rotatable bonds is 3. The number of nitrogens with one attached hydrogen (secondary N) is 1. The number of carbonyl (C=O) groups is 1. The Labute approximate surface area is 150 Å². The van der Waals surface area contributed by atoms with Crippen molar-refractivity contribution in [1.82, 2.24) is 4.98 Å². The first-order valence-electron chi connectivity index (χ1n) is 8.01. The molecule has 0 aliphatic carbocycles. The fourth-order valence-electron chi connectivity index (χ4n) is 2.76. The number of amides is 1. The molecule has 3 nitrogen and oxygen atoms in total. The Kier molecular flexibility index (Phi) is 4.04. The zero-order valence-corrected chi connectivity index (χ0v) is 14.5. The molecule has 4 aromatic rings. The van der Waals surface area contributed by atoms with E-state index >= 15 is 0 Å². The fraction of sp³-hybridized carbons (Fsp3) is 0.0476. The standard InChI is InChI=1S/C21H16N2OS/c1-14-6-8-16(9-7-14)22-21(24)18-12-20(15-10-11-25-13-15)23-19-5-3-2-4-17(18)19/h2-13H,1H3,(H,22,24). The average Bonchev–Trinajstić information content (AvgIpc) is 3.17. The van der Waals surface area contributed by atoms with Crippen molar-refractivity contribution in [2.24, 2.45) is 0 Å². The van der Waals surface area contributed by atoms with Crippen LogP contribution in [0, 0.1) is 6.92 Å². The summed E-state index contributed by atoms with van der Waals surface area (Å²) in [6.07, 6.45) is 0. The van der Waals surface area contributed by atoms with Gasteiger partial charge >= 0.3 is 0 Å². The number of nitrogens with zero attached hydrogens (tertiary/aromatic N) is 1. The van der Waals surface area contributed by atoms with Crippen molar-refractivity contribution in [2.75, 3.05) is 5.32 Å².